The van der Waals surface area contributed by atoms with E-state index in [9.17, 15) is 9.18 Å². The van der Waals surface area contributed by atoms with Crippen molar-refractivity contribution in [1.29, 1.82) is 0 Å². The van der Waals surface area contributed by atoms with Crippen LogP contribution >= 0.6 is 0 Å². The lowest BCUT2D eigenvalue weighted by Gasteiger charge is -2.14. The lowest BCUT2D eigenvalue weighted by atomic mass is 10.3. The molecule has 0 radical (unpaired) electrons. The molecular weight excluding hydrogens is 209 g/mol. The van der Waals surface area contributed by atoms with E-state index in [1.54, 1.807) is 19.2 Å². The highest BCUT2D eigenvalue weighted by Crippen LogP contribution is 2.15. The molecule has 0 saturated carbocycles. The highest BCUT2D eigenvalue weighted by Gasteiger charge is 2.09. The normalized spacial score (nSPS) is 9.31. The molecule has 0 aromatic heterocycles. The van der Waals surface area contributed by atoms with Crippen molar-refractivity contribution in [2.45, 2.75) is 0 Å². The molecule has 0 spiro atoms. The number of para-hydroxylation sites is 1. The van der Waals surface area contributed by atoms with Crippen molar-refractivity contribution in [3.05, 3.63) is 30.1 Å². The van der Waals surface area contributed by atoms with E-state index in [0.29, 0.717) is 0 Å². The zero-order chi connectivity index (χ0) is 12.0. The molecule has 0 N–H and O–H groups in total. The molecule has 0 fully saturated rings. The van der Waals surface area contributed by atoms with Crippen LogP contribution in [0.3, 0.4) is 0 Å². The summed E-state index contributed by atoms with van der Waals surface area (Å²) in [4.78, 5) is 12.7. The number of nitrogens with zero attached hydrogens (tertiary/aromatic N) is 1. The fraction of sp³-hybridized carbons (Fsp3) is 0.250. The van der Waals surface area contributed by atoms with Crippen molar-refractivity contribution in [3.8, 4) is 18.1 Å². The number of ether oxygens (including phenoxy) is 1. The molecule has 0 aliphatic heterocycles. The number of rotatable bonds is 4. The van der Waals surface area contributed by atoms with E-state index in [-0.39, 0.29) is 24.8 Å². The van der Waals surface area contributed by atoms with Crippen LogP contribution in [0.1, 0.15) is 0 Å². The Hall–Kier alpha value is -2.02. The molecule has 0 atom stereocenters. The van der Waals surface area contributed by atoms with Gasteiger partial charge in [0.15, 0.2) is 18.2 Å². The van der Waals surface area contributed by atoms with Gasteiger partial charge in [0.1, 0.15) is 0 Å². The molecule has 0 saturated heterocycles. The summed E-state index contributed by atoms with van der Waals surface area (Å²) in [5.41, 5.74) is 0. The van der Waals surface area contributed by atoms with Crippen LogP contribution in [0.25, 0.3) is 0 Å². The maximum atomic E-state index is 13.1. The Morgan fingerprint density at radius 1 is 1.56 bits per heavy atom. The number of benzene rings is 1. The summed E-state index contributed by atoms with van der Waals surface area (Å²) in [6, 6.07) is 5.91. The van der Waals surface area contributed by atoms with Gasteiger partial charge in [-0.3, -0.25) is 4.79 Å². The van der Waals surface area contributed by atoms with Crippen LogP contribution < -0.4 is 4.74 Å². The zero-order valence-corrected chi connectivity index (χ0v) is 8.94. The van der Waals surface area contributed by atoms with Crippen molar-refractivity contribution >= 4 is 5.91 Å². The molecular formula is C12H12FNO2. The minimum absolute atomic E-state index is 0.0601. The highest BCUT2D eigenvalue weighted by molar-refractivity contribution is 5.77. The van der Waals surface area contributed by atoms with Crippen molar-refractivity contribution in [2.24, 2.45) is 0 Å². The summed E-state index contributed by atoms with van der Waals surface area (Å²) in [6.07, 6.45) is 5.05. The molecule has 0 aliphatic rings. The first-order valence-electron chi connectivity index (χ1n) is 4.70. The molecule has 1 rings (SSSR count). The van der Waals surface area contributed by atoms with Gasteiger partial charge < -0.3 is 9.64 Å². The standard InChI is InChI=1S/C12H12FNO2/c1-3-8-14(2)12(15)9-16-11-7-5-4-6-10(11)13/h1,4-7H,8-9H2,2H3. The summed E-state index contributed by atoms with van der Waals surface area (Å²) in [5, 5.41) is 0. The SMILES string of the molecule is C#CCN(C)C(=O)COc1ccccc1F. The van der Waals surface area contributed by atoms with Gasteiger partial charge in [-0.1, -0.05) is 18.1 Å². The van der Waals surface area contributed by atoms with E-state index in [0.717, 1.165) is 0 Å². The first-order chi connectivity index (χ1) is 7.65. The predicted molar refractivity (Wildman–Crippen MR) is 58.4 cm³/mol. The third kappa shape index (κ3) is 3.28. The Labute approximate surface area is 93.8 Å². The van der Waals surface area contributed by atoms with Crippen LogP contribution in [-0.2, 0) is 4.79 Å². The smallest absolute Gasteiger partial charge is 0.261 e. The molecule has 0 heterocycles. The summed E-state index contributed by atoms with van der Waals surface area (Å²) >= 11 is 0. The fourth-order valence-electron chi connectivity index (χ4n) is 1.04. The van der Waals surface area contributed by atoms with E-state index in [1.807, 2.05) is 0 Å². The van der Waals surface area contributed by atoms with Crippen LogP contribution in [0.5, 0.6) is 5.75 Å². The van der Waals surface area contributed by atoms with Crippen molar-refractivity contribution < 1.29 is 13.9 Å². The van der Waals surface area contributed by atoms with E-state index in [4.69, 9.17) is 11.2 Å². The average Bonchev–Trinajstić information content (AvgIpc) is 2.28. The number of hydrogen-bond donors (Lipinski definition) is 0. The molecule has 0 unspecified atom stereocenters. The summed E-state index contributed by atoms with van der Waals surface area (Å²) in [6.45, 7) is -0.0153. The number of carbonyl (C=O) groups is 1. The van der Waals surface area contributed by atoms with Gasteiger partial charge in [0, 0.05) is 7.05 Å². The van der Waals surface area contributed by atoms with E-state index < -0.39 is 5.82 Å². The monoisotopic (exact) mass is 221 g/mol. The van der Waals surface area contributed by atoms with E-state index in [2.05, 4.69) is 5.92 Å². The van der Waals surface area contributed by atoms with Crippen LogP contribution in [0.4, 0.5) is 4.39 Å². The van der Waals surface area contributed by atoms with Gasteiger partial charge in [-0.25, -0.2) is 4.39 Å². The van der Waals surface area contributed by atoms with Gasteiger partial charge in [-0.2, -0.15) is 0 Å². The van der Waals surface area contributed by atoms with Crippen LogP contribution in [0.2, 0.25) is 0 Å². The average molecular weight is 221 g/mol. The Morgan fingerprint density at radius 2 is 2.25 bits per heavy atom. The third-order valence-electron chi connectivity index (χ3n) is 1.94. The van der Waals surface area contributed by atoms with E-state index in [1.165, 1.54) is 17.0 Å². The lowest BCUT2D eigenvalue weighted by molar-refractivity contribution is -0.131. The Kier molecular flexibility index (Phi) is 4.34. The second-order valence-electron chi connectivity index (χ2n) is 3.17. The maximum Gasteiger partial charge on any atom is 0.261 e. The van der Waals surface area contributed by atoms with E-state index >= 15 is 0 Å². The van der Waals surface area contributed by atoms with Gasteiger partial charge in [-0.15, -0.1) is 6.42 Å². The molecule has 16 heavy (non-hydrogen) atoms. The molecule has 1 aromatic rings. The summed E-state index contributed by atoms with van der Waals surface area (Å²) in [5.74, 6) is 1.61. The number of halogens is 1. The van der Waals surface area contributed by atoms with Gasteiger partial charge in [0.05, 0.1) is 6.54 Å². The fourth-order valence-corrected chi connectivity index (χ4v) is 1.04. The number of carbonyl (C=O) groups excluding carboxylic acids is 1. The molecule has 1 amide bonds. The number of likely N-dealkylation sites (N-methyl/N-ethyl adjacent to an activating group) is 1. The van der Waals surface area contributed by atoms with Crippen molar-refractivity contribution in [1.82, 2.24) is 4.90 Å². The lowest BCUT2D eigenvalue weighted by Crippen LogP contribution is -2.31. The van der Waals surface area contributed by atoms with Crippen molar-refractivity contribution in [2.75, 3.05) is 20.2 Å². The van der Waals surface area contributed by atoms with Gasteiger partial charge in [0.25, 0.3) is 5.91 Å². The van der Waals surface area contributed by atoms with Gasteiger partial charge >= 0.3 is 0 Å². The highest BCUT2D eigenvalue weighted by atomic mass is 19.1. The summed E-state index contributed by atoms with van der Waals surface area (Å²) < 4.78 is 18.1. The molecule has 1 aromatic carbocycles. The quantitative estimate of drug-likeness (QED) is 0.717. The van der Waals surface area contributed by atoms with Crippen LogP contribution in [0.15, 0.2) is 24.3 Å². The Balaban J connectivity index is 2.50. The number of hydrogen-bond acceptors (Lipinski definition) is 2. The largest absolute Gasteiger partial charge is 0.481 e. The molecule has 4 heteroatoms. The number of terminal acetylenes is 1. The van der Waals surface area contributed by atoms with Crippen molar-refractivity contribution in [3.63, 3.8) is 0 Å². The molecule has 84 valence electrons. The predicted octanol–water partition coefficient (Wildman–Crippen LogP) is 1.30. The summed E-state index contributed by atoms with van der Waals surface area (Å²) in [7, 11) is 1.56. The second-order valence-corrected chi connectivity index (χ2v) is 3.17. The molecule has 3 nitrogen and oxygen atoms in total. The Morgan fingerprint density at radius 3 is 2.88 bits per heavy atom. The van der Waals surface area contributed by atoms with Crippen LogP contribution in [0, 0.1) is 18.2 Å². The first kappa shape index (κ1) is 12.1. The minimum atomic E-state index is -0.491. The molecule has 0 aliphatic carbocycles. The number of amides is 1. The topological polar surface area (TPSA) is 29.5 Å². The van der Waals surface area contributed by atoms with Gasteiger partial charge in [-0.05, 0) is 12.1 Å². The molecule has 0 bridgehead atoms. The Bertz CT molecular complexity index is 412. The second kappa shape index (κ2) is 5.76. The maximum absolute atomic E-state index is 13.1. The first-order valence-corrected chi connectivity index (χ1v) is 4.70. The zero-order valence-electron chi connectivity index (χ0n) is 8.94. The third-order valence-corrected chi connectivity index (χ3v) is 1.94. The van der Waals surface area contributed by atoms with Crippen LogP contribution in [-0.4, -0.2) is 31.0 Å². The minimum Gasteiger partial charge on any atom is -0.481 e. The van der Waals surface area contributed by atoms with Gasteiger partial charge in [0.2, 0.25) is 0 Å².